The molecule has 0 unspecified atom stereocenters. The van der Waals surface area contributed by atoms with E-state index in [1.54, 1.807) is 0 Å². The van der Waals surface area contributed by atoms with Gasteiger partial charge >= 0.3 is 6.03 Å². The van der Waals surface area contributed by atoms with Crippen molar-refractivity contribution in [3.63, 3.8) is 0 Å². The second-order valence-corrected chi connectivity index (χ2v) is 6.45. The maximum Gasteiger partial charge on any atom is 0.320 e. The summed E-state index contributed by atoms with van der Waals surface area (Å²) in [5, 5.41) is 0.794. The third kappa shape index (κ3) is 5.40. The number of rotatable bonds is 6. The van der Waals surface area contributed by atoms with E-state index >= 15 is 0 Å². The van der Waals surface area contributed by atoms with Crippen molar-refractivity contribution >= 4 is 17.6 Å². The molecule has 1 aromatic rings. The van der Waals surface area contributed by atoms with E-state index in [-0.39, 0.29) is 6.03 Å². The lowest BCUT2D eigenvalue weighted by Crippen LogP contribution is -2.52. The van der Waals surface area contributed by atoms with Crippen LogP contribution in [0, 0.1) is 0 Å². The van der Waals surface area contributed by atoms with Crippen molar-refractivity contribution in [3.05, 3.63) is 34.9 Å². The molecule has 0 atom stereocenters. The molecule has 5 heteroatoms. The molecule has 0 radical (unpaired) electrons. The number of carbonyl (C=O) groups is 1. The molecule has 4 nitrogen and oxygen atoms in total. The summed E-state index contributed by atoms with van der Waals surface area (Å²) in [5.41, 5.74) is 1.34. The van der Waals surface area contributed by atoms with Gasteiger partial charge in [-0.1, -0.05) is 23.7 Å². The first-order valence-corrected chi connectivity index (χ1v) is 9.02. The lowest BCUT2D eigenvalue weighted by atomic mass is 10.1. The van der Waals surface area contributed by atoms with Gasteiger partial charge in [0, 0.05) is 44.3 Å². The fourth-order valence-electron chi connectivity index (χ4n) is 3.01. The van der Waals surface area contributed by atoms with Crippen LogP contribution in [0.2, 0.25) is 5.02 Å². The highest BCUT2D eigenvalue weighted by Crippen LogP contribution is 2.12. The Bertz CT molecular complexity index is 480. The van der Waals surface area contributed by atoms with Crippen LogP contribution in [-0.2, 0) is 6.42 Å². The zero-order valence-corrected chi connectivity index (χ0v) is 15.1. The number of amides is 2. The minimum Gasteiger partial charge on any atom is -0.325 e. The minimum absolute atomic E-state index is 0.191. The molecule has 1 saturated heterocycles. The molecular formula is C18H28ClN3O. The van der Waals surface area contributed by atoms with Crippen LogP contribution in [-0.4, -0.2) is 66.5 Å². The predicted octanol–water partition coefficient (Wildman–Crippen LogP) is 3.35. The van der Waals surface area contributed by atoms with Gasteiger partial charge in [0.1, 0.15) is 0 Å². The zero-order valence-electron chi connectivity index (χ0n) is 14.3. The molecular weight excluding hydrogens is 310 g/mol. The maximum atomic E-state index is 12.3. The fourth-order valence-corrected chi connectivity index (χ4v) is 3.14. The minimum atomic E-state index is 0.191. The van der Waals surface area contributed by atoms with Crippen molar-refractivity contribution in [3.8, 4) is 0 Å². The van der Waals surface area contributed by atoms with Gasteiger partial charge in [0.15, 0.2) is 0 Å². The number of carbonyl (C=O) groups excluding carboxylic acids is 1. The van der Waals surface area contributed by atoms with E-state index in [1.807, 2.05) is 35.8 Å². The number of benzene rings is 1. The molecule has 23 heavy (non-hydrogen) atoms. The summed E-state index contributed by atoms with van der Waals surface area (Å²) in [6.07, 6.45) is 2.22. The molecule has 0 bridgehead atoms. The van der Waals surface area contributed by atoms with Gasteiger partial charge in [0.25, 0.3) is 0 Å². The summed E-state index contributed by atoms with van der Waals surface area (Å²) in [6, 6.07) is 8.30. The second kappa shape index (κ2) is 9.14. The highest BCUT2D eigenvalue weighted by atomic mass is 35.5. The Morgan fingerprint density at radius 1 is 1.09 bits per heavy atom. The molecule has 0 saturated carbocycles. The quantitative estimate of drug-likeness (QED) is 0.796. The Kier molecular flexibility index (Phi) is 7.18. The molecule has 0 aromatic heterocycles. The van der Waals surface area contributed by atoms with Crippen LogP contribution in [0.5, 0.6) is 0 Å². The largest absolute Gasteiger partial charge is 0.325 e. The van der Waals surface area contributed by atoms with Crippen molar-refractivity contribution < 1.29 is 4.79 Å². The van der Waals surface area contributed by atoms with Crippen molar-refractivity contribution in [1.82, 2.24) is 14.7 Å². The normalized spacial score (nSPS) is 15.7. The molecule has 1 aromatic carbocycles. The van der Waals surface area contributed by atoms with Crippen LogP contribution in [0.3, 0.4) is 0 Å². The van der Waals surface area contributed by atoms with Gasteiger partial charge in [-0.25, -0.2) is 4.79 Å². The van der Waals surface area contributed by atoms with E-state index < -0.39 is 0 Å². The number of hydrogen-bond acceptors (Lipinski definition) is 2. The fraction of sp³-hybridized carbons (Fsp3) is 0.611. The average molecular weight is 338 g/mol. The first-order chi connectivity index (χ1) is 11.1. The molecule has 1 aliphatic rings. The highest BCUT2D eigenvalue weighted by Gasteiger charge is 2.23. The first kappa shape index (κ1) is 18.1. The van der Waals surface area contributed by atoms with Crippen molar-refractivity contribution in [2.45, 2.75) is 26.7 Å². The predicted molar refractivity (Wildman–Crippen MR) is 96.1 cm³/mol. The number of piperazine rings is 1. The summed E-state index contributed by atoms with van der Waals surface area (Å²) in [6.45, 7) is 10.4. The van der Waals surface area contributed by atoms with E-state index in [0.717, 1.165) is 63.7 Å². The van der Waals surface area contributed by atoms with Crippen LogP contribution in [0.25, 0.3) is 0 Å². The van der Waals surface area contributed by atoms with E-state index in [0.29, 0.717) is 0 Å². The molecule has 2 amide bonds. The van der Waals surface area contributed by atoms with Gasteiger partial charge in [-0.15, -0.1) is 0 Å². The SMILES string of the molecule is CCN(CC)C(=O)N1CCN(CCCc2ccc(Cl)cc2)CC1. The molecule has 1 aliphatic heterocycles. The van der Waals surface area contributed by atoms with Crippen molar-refractivity contribution in [2.24, 2.45) is 0 Å². The Labute approximate surface area is 145 Å². The number of halogens is 1. The lowest BCUT2D eigenvalue weighted by Gasteiger charge is -2.37. The molecule has 0 N–H and O–H groups in total. The Morgan fingerprint density at radius 2 is 1.70 bits per heavy atom. The monoisotopic (exact) mass is 337 g/mol. The smallest absolute Gasteiger partial charge is 0.320 e. The Hall–Kier alpha value is -1.26. The zero-order chi connectivity index (χ0) is 16.7. The van der Waals surface area contributed by atoms with Crippen molar-refractivity contribution in [1.29, 1.82) is 0 Å². The molecule has 0 spiro atoms. The maximum absolute atomic E-state index is 12.3. The Morgan fingerprint density at radius 3 is 2.26 bits per heavy atom. The van der Waals surface area contributed by atoms with Gasteiger partial charge in [-0.05, 0) is 50.9 Å². The summed E-state index contributed by atoms with van der Waals surface area (Å²) in [5.74, 6) is 0. The summed E-state index contributed by atoms with van der Waals surface area (Å²) >= 11 is 5.91. The average Bonchev–Trinajstić information content (AvgIpc) is 2.58. The highest BCUT2D eigenvalue weighted by molar-refractivity contribution is 6.30. The number of nitrogens with zero attached hydrogens (tertiary/aromatic N) is 3. The van der Waals surface area contributed by atoms with Gasteiger partial charge in [-0.3, -0.25) is 4.90 Å². The number of aryl methyl sites for hydroxylation is 1. The standard InChI is InChI=1S/C18H28ClN3O/c1-3-21(4-2)18(23)22-14-12-20(13-15-22)11-5-6-16-7-9-17(19)10-8-16/h7-10H,3-6,11-15H2,1-2H3. The van der Waals surface area contributed by atoms with Crippen LogP contribution < -0.4 is 0 Å². The number of hydrogen-bond donors (Lipinski definition) is 0. The summed E-state index contributed by atoms with van der Waals surface area (Å²) in [4.78, 5) is 18.7. The lowest BCUT2D eigenvalue weighted by molar-refractivity contribution is 0.115. The van der Waals surface area contributed by atoms with Gasteiger partial charge < -0.3 is 9.80 Å². The molecule has 1 heterocycles. The summed E-state index contributed by atoms with van der Waals surface area (Å²) < 4.78 is 0. The second-order valence-electron chi connectivity index (χ2n) is 6.01. The van der Waals surface area contributed by atoms with Gasteiger partial charge in [0.05, 0.1) is 0 Å². The summed E-state index contributed by atoms with van der Waals surface area (Å²) in [7, 11) is 0. The van der Waals surface area contributed by atoms with Crippen LogP contribution in [0.1, 0.15) is 25.8 Å². The molecule has 128 valence electrons. The van der Waals surface area contributed by atoms with Crippen molar-refractivity contribution in [2.75, 3.05) is 45.8 Å². The van der Waals surface area contributed by atoms with Crippen LogP contribution in [0.15, 0.2) is 24.3 Å². The number of urea groups is 1. The van der Waals surface area contributed by atoms with E-state index in [4.69, 9.17) is 11.6 Å². The van der Waals surface area contributed by atoms with Crippen LogP contribution in [0.4, 0.5) is 4.79 Å². The van der Waals surface area contributed by atoms with E-state index in [1.165, 1.54) is 5.56 Å². The topological polar surface area (TPSA) is 26.8 Å². The van der Waals surface area contributed by atoms with E-state index in [2.05, 4.69) is 17.0 Å². The third-order valence-corrected chi connectivity index (χ3v) is 4.78. The molecule has 1 fully saturated rings. The molecule has 2 rings (SSSR count). The first-order valence-electron chi connectivity index (χ1n) is 8.64. The molecule has 0 aliphatic carbocycles. The van der Waals surface area contributed by atoms with E-state index in [9.17, 15) is 4.79 Å². The Balaban J connectivity index is 1.68. The third-order valence-electron chi connectivity index (χ3n) is 4.53. The van der Waals surface area contributed by atoms with Crippen LogP contribution >= 0.6 is 11.6 Å². The van der Waals surface area contributed by atoms with Gasteiger partial charge in [0.2, 0.25) is 0 Å². The van der Waals surface area contributed by atoms with Gasteiger partial charge in [-0.2, -0.15) is 0 Å².